The average Bonchev–Trinajstić information content (AvgIpc) is 3.11. The molecule has 0 radical (unpaired) electrons. The second kappa shape index (κ2) is 10.2. The Morgan fingerprint density at radius 1 is 0.964 bits per heavy atom. The summed E-state index contributed by atoms with van der Waals surface area (Å²) in [5.74, 6) is 0. The Morgan fingerprint density at radius 2 is 1.71 bits per heavy atom. The van der Waals surface area contributed by atoms with Gasteiger partial charge in [0.2, 0.25) is 0 Å². The number of benzene rings is 1. The van der Waals surface area contributed by atoms with Crippen molar-refractivity contribution >= 4 is 11.2 Å². The summed E-state index contributed by atoms with van der Waals surface area (Å²) in [6.07, 6.45) is 6.42. The number of imidazole rings is 1. The minimum Gasteiger partial charge on any atom is -1.00 e. The van der Waals surface area contributed by atoms with Crippen LogP contribution in [0.1, 0.15) is 24.8 Å². The SMILES string of the molecule is Cn1c(=O)c2c(ncn2CC[NH2+]CCCCCc2ccccc2)n(C)c1=O.[Cl-]. The molecule has 0 saturated heterocycles. The van der Waals surface area contributed by atoms with Gasteiger partial charge in [0.15, 0.2) is 11.2 Å². The van der Waals surface area contributed by atoms with Gasteiger partial charge < -0.3 is 22.3 Å². The lowest BCUT2D eigenvalue weighted by atomic mass is 10.1. The van der Waals surface area contributed by atoms with Crippen molar-refractivity contribution in [1.29, 1.82) is 0 Å². The zero-order chi connectivity index (χ0) is 19.2. The maximum Gasteiger partial charge on any atom is 0.332 e. The summed E-state index contributed by atoms with van der Waals surface area (Å²) in [5.41, 5.74) is 1.72. The number of nitrogens with zero attached hydrogens (tertiary/aromatic N) is 4. The zero-order valence-electron chi connectivity index (χ0n) is 16.5. The molecule has 0 amide bonds. The molecule has 2 aromatic heterocycles. The number of quaternary nitrogens is 1. The van der Waals surface area contributed by atoms with Crippen LogP contribution in [0.3, 0.4) is 0 Å². The largest absolute Gasteiger partial charge is 1.00 e. The van der Waals surface area contributed by atoms with E-state index in [0.717, 1.165) is 24.1 Å². The molecule has 3 rings (SSSR count). The molecule has 2 heterocycles. The fourth-order valence-electron chi connectivity index (χ4n) is 3.38. The molecule has 152 valence electrons. The summed E-state index contributed by atoms with van der Waals surface area (Å²) in [5, 5.41) is 2.28. The number of nitrogens with two attached hydrogens (primary N) is 1. The molecule has 28 heavy (non-hydrogen) atoms. The molecule has 7 nitrogen and oxygen atoms in total. The first kappa shape index (κ1) is 21.9. The first-order chi connectivity index (χ1) is 13.1. The van der Waals surface area contributed by atoms with Crippen molar-refractivity contribution in [3.63, 3.8) is 0 Å². The van der Waals surface area contributed by atoms with Gasteiger partial charge in [-0.15, -0.1) is 0 Å². The summed E-state index contributed by atoms with van der Waals surface area (Å²) < 4.78 is 4.41. The highest BCUT2D eigenvalue weighted by atomic mass is 35.5. The van der Waals surface area contributed by atoms with Crippen molar-refractivity contribution in [2.24, 2.45) is 14.1 Å². The van der Waals surface area contributed by atoms with Crippen molar-refractivity contribution < 1.29 is 17.7 Å². The van der Waals surface area contributed by atoms with E-state index in [1.807, 2.05) is 4.57 Å². The van der Waals surface area contributed by atoms with Gasteiger partial charge in [-0.1, -0.05) is 30.3 Å². The van der Waals surface area contributed by atoms with E-state index in [1.165, 1.54) is 36.4 Å². The van der Waals surface area contributed by atoms with Crippen molar-refractivity contribution in [3.8, 4) is 0 Å². The molecule has 0 fully saturated rings. The number of aromatic nitrogens is 4. The van der Waals surface area contributed by atoms with Crippen LogP contribution >= 0.6 is 0 Å². The number of halogens is 1. The van der Waals surface area contributed by atoms with Crippen LogP contribution in [0.5, 0.6) is 0 Å². The third kappa shape index (κ3) is 4.91. The lowest BCUT2D eigenvalue weighted by Crippen LogP contribution is -3.00. The van der Waals surface area contributed by atoms with Gasteiger partial charge in [0.05, 0.1) is 26.0 Å². The Labute approximate surface area is 170 Å². The highest BCUT2D eigenvalue weighted by Crippen LogP contribution is 2.06. The Balaban J connectivity index is 0.00000280. The normalized spacial score (nSPS) is 10.9. The lowest BCUT2D eigenvalue weighted by molar-refractivity contribution is -0.656. The number of fused-ring (bicyclic) bond motifs is 1. The van der Waals surface area contributed by atoms with Crippen LogP contribution in [0, 0.1) is 0 Å². The molecule has 0 aliphatic rings. The van der Waals surface area contributed by atoms with Gasteiger partial charge >= 0.3 is 5.69 Å². The molecule has 3 aromatic rings. The number of hydrogen-bond acceptors (Lipinski definition) is 3. The molecule has 0 aliphatic heterocycles. The molecule has 8 heteroatoms. The third-order valence-electron chi connectivity index (χ3n) is 5.01. The summed E-state index contributed by atoms with van der Waals surface area (Å²) in [7, 11) is 3.14. The second-order valence-electron chi connectivity index (χ2n) is 6.98. The van der Waals surface area contributed by atoms with E-state index in [2.05, 4.69) is 40.6 Å². The summed E-state index contributed by atoms with van der Waals surface area (Å²) >= 11 is 0. The fourth-order valence-corrected chi connectivity index (χ4v) is 3.38. The van der Waals surface area contributed by atoms with Gasteiger partial charge in [-0.2, -0.15) is 0 Å². The Bertz CT molecular complexity index is 1010. The van der Waals surface area contributed by atoms with Crippen molar-refractivity contribution in [3.05, 3.63) is 63.1 Å². The first-order valence-electron chi connectivity index (χ1n) is 9.56. The quantitative estimate of drug-likeness (QED) is 0.397. The Hall–Kier alpha value is -2.38. The molecule has 0 saturated carbocycles. The predicted octanol–water partition coefficient (Wildman–Crippen LogP) is -2.59. The van der Waals surface area contributed by atoms with E-state index in [1.54, 1.807) is 13.4 Å². The lowest BCUT2D eigenvalue weighted by Gasteiger charge is -2.06. The topological polar surface area (TPSA) is 78.4 Å². The summed E-state index contributed by atoms with van der Waals surface area (Å²) in [4.78, 5) is 28.6. The van der Waals surface area contributed by atoms with E-state index >= 15 is 0 Å². The van der Waals surface area contributed by atoms with Crippen LogP contribution in [0.15, 0.2) is 46.2 Å². The maximum atomic E-state index is 12.4. The molecule has 0 aliphatic carbocycles. The van der Waals surface area contributed by atoms with Gasteiger partial charge in [0.25, 0.3) is 5.56 Å². The number of unbranched alkanes of at least 4 members (excludes halogenated alkanes) is 2. The highest BCUT2D eigenvalue weighted by Gasteiger charge is 2.14. The Morgan fingerprint density at radius 3 is 2.46 bits per heavy atom. The standard InChI is InChI=1S/C20H27N5O2.ClH/c1-23-18-17(19(26)24(2)20(23)27)25(15-22-18)14-13-21-12-8-4-7-11-16-9-5-3-6-10-16;/h3,5-6,9-10,15,21H,4,7-8,11-14H2,1-2H3;1H. The van der Waals surface area contributed by atoms with Crippen molar-refractivity contribution in [2.45, 2.75) is 32.2 Å². The van der Waals surface area contributed by atoms with Crippen LogP contribution in [-0.2, 0) is 27.1 Å². The smallest absolute Gasteiger partial charge is 0.332 e. The zero-order valence-corrected chi connectivity index (χ0v) is 17.2. The highest BCUT2D eigenvalue weighted by molar-refractivity contribution is 5.69. The van der Waals surface area contributed by atoms with Gasteiger partial charge in [-0.05, 0) is 31.2 Å². The predicted molar refractivity (Wildman–Crippen MR) is 106 cm³/mol. The van der Waals surface area contributed by atoms with Crippen LogP contribution in [0.25, 0.3) is 11.2 Å². The summed E-state index contributed by atoms with van der Waals surface area (Å²) in [6.45, 7) is 2.67. The van der Waals surface area contributed by atoms with E-state index in [0.29, 0.717) is 17.7 Å². The van der Waals surface area contributed by atoms with E-state index in [9.17, 15) is 9.59 Å². The molecule has 0 unspecified atom stereocenters. The second-order valence-corrected chi connectivity index (χ2v) is 6.98. The Kier molecular flexibility index (Phi) is 8.02. The number of aryl methyl sites for hydroxylation is 2. The molecular formula is C20H28ClN5O2. The number of hydrogen-bond donors (Lipinski definition) is 1. The van der Waals surface area contributed by atoms with Crippen molar-refractivity contribution in [1.82, 2.24) is 18.7 Å². The van der Waals surface area contributed by atoms with E-state index in [-0.39, 0.29) is 23.7 Å². The molecule has 0 bridgehead atoms. The fraction of sp³-hybridized carbons (Fsp3) is 0.450. The van der Waals surface area contributed by atoms with Crippen molar-refractivity contribution in [2.75, 3.05) is 13.1 Å². The monoisotopic (exact) mass is 405 g/mol. The minimum absolute atomic E-state index is 0. The van der Waals surface area contributed by atoms with Gasteiger partial charge in [-0.3, -0.25) is 13.9 Å². The summed E-state index contributed by atoms with van der Waals surface area (Å²) in [6, 6.07) is 10.6. The number of rotatable bonds is 9. The first-order valence-corrected chi connectivity index (χ1v) is 9.56. The maximum absolute atomic E-state index is 12.4. The minimum atomic E-state index is -0.347. The van der Waals surface area contributed by atoms with Gasteiger partial charge in [0.1, 0.15) is 0 Å². The molecule has 0 atom stereocenters. The third-order valence-corrected chi connectivity index (χ3v) is 5.01. The van der Waals surface area contributed by atoms with Crippen LogP contribution in [0.2, 0.25) is 0 Å². The molecule has 0 spiro atoms. The van der Waals surface area contributed by atoms with E-state index in [4.69, 9.17) is 0 Å². The molecular weight excluding hydrogens is 378 g/mol. The van der Waals surface area contributed by atoms with Gasteiger partial charge in [-0.25, -0.2) is 9.78 Å². The van der Waals surface area contributed by atoms with Crippen LogP contribution in [0.4, 0.5) is 0 Å². The molecule has 1 aromatic carbocycles. The molecule has 2 N–H and O–H groups in total. The van der Waals surface area contributed by atoms with Gasteiger partial charge in [0, 0.05) is 14.1 Å². The van der Waals surface area contributed by atoms with Crippen LogP contribution in [-0.4, -0.2) is 31.8 Å². The average molecular weight is 406 g/mol. The van der Waals surface area contributed by atoms with Crippen LogP contribution < -0.4 is 29.0 Å². The van der Waals surface area contributed by atoms with E-state index < -0.39 is 0 Å².